The standard InChI is InChI=1S/C11H11NO3/c1-2-15-10(13)11(14,8-12)9-6-4-3-5-7-9/h3-7,14H,2H2,1H3/t11-/m0/s1. The second-order valence-electron chi connectivity index (χ2n) is 2.91. The molecule has 0 radical (unpaired) electrons. The summed E-state index contributed by atoms with van der Waals surface area (Å²) < 4.78 is 4.64. The molecule has 0 aliphatic heterocycles. The van der Waals surface area contributed by atoms with Gasteiger partial charge in [-0.2, -0.15) is 5.26 Å². The van der Waals surface area contributed by atoms with E-state index in [1.807, 2.05) is 0 Å². The summed E-state index contributed by atoms with van der Waals surface area (Å²) in [5.74, 6) is -0.946. The SMILES string of the molecule is CCOC(=O)[C@](O)(C#N)c1ccccc1. The summed E-state index contributed by atoms with van der Waals surface area (Å²) in [7, 11) is 0. The van der Waals surface area contributed by atoms with Gasteiger partial charge in [-0.25, -0.2) is 4.79 Å². The Morgan fingerprint density at radius 2 is 2.13 bits per heavy atom. The average molecular weight is 205 g/mol. The van der Waals surface area contributed by atoms with Crippen LogP contribution in [-0.2, 0) is 15.1 Å². The lowest BCUT2D eigenvalue weighted by Crippen LogP contribution is -2.35. The van der Waals surface area contributed by atoms with E-state index in [2.05, 4.69) is 4.74 Å². The highest BCUT2D eigenvalue weighted by molar-refractivity contribution is 5.84. The first-order valence-corrected chi connectivity index (χ1v) is 4.51. The third kappa shape index (κ3) is 2.14. The number of nitriles is 1. The summed E-state index contributed by atoms with van der Waals surface area (Å²) in [6.45, 7) is 1.73. The Labute approximate surface area is 87.7 Å². The molecule has 0 unspecified atom stereocenters. The van der Waals surface area contributed by atoms with Gasteiger partial charge in [-0.3, -0.25) is 0 Å². The molecular formula is C11H11NO3. The van der Waals surface area contributed by atoms with E-state index < -0.39 is 11.6 Å². The second-order valence-corrected chi connectivity index (χ2v) is 2.91. The minimum atomic E-state index is -2.21. The second kappa shape index (κ2) is 4.58. The molecule has 15 heavy (non-hydrogen) atoms. The highest BCUT2D eigenvalue weighted by Gasteiger charge is 2.39. The Kier molecular flexibility index (Phi) is 3.42. The van der Waals surface area contributed by atoms with Crippen LogP contribution in [0.2, 0.25) is 0 Å². The van der Waals surface area contributed by atoms with Crippen LogP contribution in [-0.4, -0.2) is 17.7 Å². The lowest BCUT2D eigenvalue weighted by Gasteiger charge is -2.17. The number of hydrogen-bond donors (Lipinski definition) is 1. The normalized spacial score (nSPS) is 13.7. The Balaban J connectivity index is 3.07. The largest absolute Gasteiger partial charge is 0.463 e. The van der Waals surface area contributed by atoms with Gasteiger partial charge in [-0.05, 0) is 6.92 Å². The lowest BCUT2D eigenvalue weighted by molar-refractivity contribution is -0.160. The first-order chi connectivity index (χ1) is 7.15. The van der Waals surface area contributed by atoms with Crippen molar-refractivity contribution < 1.29 is 14.6 Å². The van der Waals surface area contributed by atoms with Crippen LogP contribution in [0.1, 0.15) is 12.5 Å². The van der Waals surface area contributed by atoms with E-state index in [9.17, 15) is 9.90 Å². The molecule has 1 aromatic rings. The van der Waals surface area contributed by atoms with Crippen LogP contribution in [0.25, 0.3) is 0 Å². The van der Waals surface area contributed by atoms with Gasteiger partial charge in [0.05, 0.1) is 6.61 Å². The van der Waals surface area contributed by atoms with Crippen molar-refractivity contribution in [2.75, 3.05) is 6.61 Å². The van der Waals surface area contributed by atoms with Crippen molar-refractivity contribution in [3.05, 3.63) is 35.9 Å². The Bertz CT molecular complexity index is 383. The number of rotatable bonds is 3. The molecular weight excluding hydrogens is 194 g/mol. The zero-order valence-corrected chi connectivity index (χ0v) is 8.30. The molecule has 4 nitrogen and oxygen atoms in total. The van der Waals surface area contributed by atoms with Gasteiger partial charge in [0.1, 0.15) is 6.07 Å². The minimum absolute atomic E-state index is 0.121. The highest BCUT2D eigenvalue weighted by atomic mass is 16.5. The molecule has 0 heterocycles. The van der Waals surface area contributed by atoms with Crippen LogP contribution in [0.5, 0.6) is 0 Å². The summed E-state index contributed by atoms with van der Waals surface area (Å²) in [4.78, 5) is 11.4. The maximum Gasteiger partial charge on any atom is 0.358 e. The van der Waals surface area contributed by atoms with E-state index in [-0.39, 0.29) is 12.2 Å². The number of benzene rings is 1. The molecule has 1 aromatic carbocycles. The third-order valence-corrected chi connectivity index (χ3v) is 1.92. The summed E-state index contributed by atoms with van der Waals surface area (Å²) >= 11 is 0. The quantitative estimate of drug-likeness (QED) is 0.589. The van der Waals surface area contributed by atoms with E-state index in [0.717, 1.165) is 0 Å². The molecule has 0 saturated carbocycles. The number of aliphatic hydroxyl groups is 1. The van der Waals surface area contributed by atoms with E-state index >= 15 is 0 Å². The topological polar surface area (TPSA) is 70.3 Å². The first kappa shape index (κ1) is 11.2. The molecule has 0 amide bonds. The zero-order valence-electron chi connectivity index (χ0n) is 8.30. The van der Waals surface area contributed by atoms with Crippen molar-refractivity contribution in [3.63, 3.8) is 0 Å². The Morgan fingerprint density at radius 1 is 1.53 bits per heavy atom. The van der Waals surface area contributed by atoms with E-state index in [1.165, 1.54) is 12.1 Å². The molecule has 0 aromatic heterocycles. The molecule has 0 saturated heterocycles. The number of hydrogen-bond acceptors (Lipinski definition) is 4. The summed E-state index contributed by atoms with van der Waals surface area (Å²) in [6.07, 6.45) is 0. The fraction of sp³-hybridized carbons (Fsp3) is 0.273. The molecule has 1 N–H and O–H groups in total. The molecule has 78 valence electrons. The highest BCUT2D eigenvalue weighted by Crippen LogP contribution is 2.21. The van der Waals surface area contributed by atoms with Crippen molar-refractivity contribution in [2.24, 2.45) is 0 Å². The molecule has 0 bridgehead atoms. The van der Waals surface area contributed by atoms with Gasteiger partial charge in [0.25, 0.3) is 5.60 Å². The summed E-state index contributed by atoms with van der Waals surface area (Å²) in [6, 6.07) is 9.56. The van der Waals surface area contributed by atoms with Gasteiger partial charge in [-0.15, -0.1) is 0 Å². The van der Waals surface area contributed by atoms with Crippen molar-refractivity contribution in [3.8, 4) is 6.07 Å². The first-order valence-electron chi connectivity index (χ1n) is 4.51. The van der Waals surface area contributed by atoms with Crippen molar-refractivity contribution in [2.45, 2.75) is 12.5 Å². The van der Waals surface area contributed by atoms with Gasteiger partial charge < -0.3 is 9.84 Å². The Morgan fingerprint density at radius 3 is 2.60 bits per heavy atom. The predicted molar refractivity (Wildman–Crippen MR) is 52.6 cm³/mol. The van der Waals surface area contributed by atoms with E-state index in [0.29, 0.717) is 0 Å². The van der Waals surface area contributed by atoms with Crippen LogP contribution in [0.4, 0.5) is 0 Å². The number of carbonyl (C=O) groups excluding carboxylic acids is 1. The maximum absolute atomic E-state index is 11.4. The monoisotopic (exact) mass is 205 g/mol. The molecule has 0 aliphatic rings. The molecule has 0 spiro atoms. The van der Waals surface area contributed by atoms with E-state index in [4.69, 9.17) is 5.26 Å². The maximum atomic E-state index is 11.4. The summed E-state index contributed by atoms with van der Waals surface area (Å²) in [5, 5.41) is 18.7. The van der Waals surface area contributed by atoms with Gasteiger partial charge in [-0.1, -0.05) is 30.3 Å². The van der Waals surface area contributed by atoms with Crippen LogP contribution >= 0.6 is 0 Å². The number of carbonyl (C=O) groups is 1. The van der Waals surface area contributed by atoms with E-state index in [1.54, 1.807) is 31.2 Å². The smallest absolute Gasteiger partial charge is 0.358 e. The minimum Gasteiger partial charge on any atom is -0.463 e. The van der Waals surface area contributed by atoms with Crippen LogP contribution in [0.3, 0.4) is 0 Å². The molecule has 0 aliphatic carbocycles. The zero-order chi connectivity index (χ0) is 11.3. The molecule has 1 atom stereocenters. The Hall–Kier alpha value is -1.86. The average Bonchev–Trinajstić information content (AvgIpc) is 2.29. The van der Waals surface area contributed by atoms with Crippen molar-refractivity contribution in [1.82, 2.24) is 0 Å². The third-order valence-electron chi connectivity index (χ3n) is 1.92. The van der Waals surface area contributed by atoms with Gasteiger partial charge in [0.2, 0.25) is 0 Å². The fourth-order valence-corrected chi connectivity index (χ4v) is 1.14. The predicted octanol–water partition coefficient (Wildman–Crippen LogP) is 0.961. The number of esters is 1. The van der Waals surface area contributed by atoms with Crippen LogP contribution < -0.4 is 0 Å². The molecule has 1 rings (SSSR count). The van der Waals surface area contributed by atoms with Gasteiger partial charge in [0.15, 0.2) is 0 Å². The number of ether oxygens (including phenoxy) is 1. The van der Waals surface area contributed by atoms with Gasteiger partial charge in [0, 0.05) is 5.56 Å². The van der Waals surface area contributed by atoms with Crippen LogP contribution in [0.15, 0.2) is 30.3 Å². The molecule has 4 heteroatoms. The van der Waals surface area contributed by atoms with Crippen molar-refractivity contribution in [1.29, 1.82) is 5.26 Å². The fourth-order valence-electron chi connectivity index (χ4n) is 1.14. The number of nitrogens with zero attached hydrogens (tertiary/aromatic N) is 1. The van der Waals surface area contributed by atoms with Crippen molar-refractivity contribution >= 4 is 5.97 Å². The summed E-state index contributed by atoms with van der Waals surface area (Å²) in [5.41, 5.74) is -2.00. The van der Waals surface area contributed by atoms with Crippen LogP contribution in [0, 0.1) is 11.3 Å². The van der Waals surface area contributed by atoms with Gasteiger partial charge >= 0.3 is 5.97 Å². The molecule has 0 fully saturated rings. The lowest BCUT2D eigenvalue weighted by atomic mass is 9.96.